The number of piperidine rings is 1. The number of alkyl halides is 3. The average Bonchev–Trinajstić information content (AvgIpc) is 2.95. The predicted octanol–water partition coefficient (Wildman–Crippen LogP) is 0.538. The minimum Gasteiger partial charge on any atom is -0.357 e. The van der Waals surface area contributed by atoms with Crippen LogP contribution in [0.5, 0.6) is 0 Å². The largest absolute Gasteiger partial charge is 0.511 e. The van der Waals surface area contributed by atoms with Gasteiger partial charge in [-0.1, -0.05) is 0 Å². The zero-order chi connectivity index (χ0) is 21.0. The minimum atomic E-state index is -5.27. The molecule has 2 saturated heterocycles. The third-order valence-electron chi connectivity index (χ3n) is 4.94. The molecule has 2 heterocycles. The number of hydrogen-bond donors (Lipinski definition) is 2. The molecule has 164 valence electrons. The van der Waals surface area contributed by atoms with Crippen LogP contribution in [0.25, 0.3) is 0 Å². The summed E-state index contributed by atoms with van der Waals surface area (Å²) in [4.78, 5) is 4.41. The Balaban J connectivity index is 1.82. The van der Waals surface area contributed by atoms with Gasteiger partial charge < -0.3 is 10.6 Å². The Morgan fingerprint density at radius 2 is 1.79 bits per heavy atom. The molecular weight excluding hydrogens is 421 g/mol. The van der Waals surface area contributed by atoms with Crippen molar-refractivity contribution in [1.82, 2.24) is 14.9 Å². The average molecular weight is 449 g/mol. The fraction of sp³-hybridized carbons (Fsp3) is 0.933. The van der Waals surface area contributed by atoms with E-state index in [4.69, 9.17) is 0 Å². The van der Waals surface area contributed by atoms with Gasteiger partial charge in [-0.15, -0.1) is 0 Å². The summed E-state index contributed by atoms with van der Waals surface area (Å²) in [6.07, 6.45) is 1.24. The van der Waals surface area contributed by atoms with E-state index >= 15 is 0 Å². The molecule has 0 aromatic carbocycles. The molecule has 0 aromatic heterocycles. The topological polar surface area (TPSA) is 108 Å². The first-order valence-electron chi connectivity index (χ1n) is 9.23. The molecule has 2 N–H and O–H groups in total. The number of nitrogens with one attached hydrogen (secondary N) is 2. The highest BCUT2D eigenvalue weighted by Crippen LogP contribution is 2.30. The molecule has 2 rings (SSSR count). The Morgan fingerprint density at radius 3 is 2.29 bits per heavy atom. The molecule has 2 aliphatic heterocycles. The lowest BCUT2D eigenvalue weighted by molar-refractivity contribution is -0.0496. The van der Waals surface area contributed by atoms with Crippen LogP contribution in [0.1, 0.15) is 26.2 Å². The molecule has 2 fully saturated rings. The lowest BCUT2D eigenvalue weighted by Crippen LogP contribution is -2.47. The summed E-state index contributed by atoms with van der Waals surface area (Å²) in [7, 11) is -8.22. The molecule has 0 spiro atoms. The van der Waals surface area contributed by atoms with E-state index in [-0.39, 0.29) is 36.4 Å². The van der Waals surface area contributed by atoms with E-state index in [0.717, 1.165) is 0 Å². The number of guanidine groups is 1. The van der Waals surface area contributed by atoms with Gasteiger partial charge in [0.25, 0.3) is 0 Å². The van der Waals surface area contributed by atoms with Gasteiger partial charge in [0.2, 0.25) is 0 Å². The zero-order valence-corrected chi connectivity index (χ0v) is 17.3. The molecule has 0 aromatic rings. The summed E-state index contributed by atoms with van der Waals surface area (Å²) < 4.78 is 84.2. The lowest BCUT2D eigenvalue weighted by atomic mass is 9.98. The molecule has 1 atom stereocenters. The second-order valence-corrected chi connectivity index (χ2v) is 11.3. The summed E-state index contributed by atoms with van der Waals surface area (Å²) in [6.45, 7) is 3.00. The van der Waals surface area contributed by atoms with E-state index in [9.17, 15) is 30.0 Å². The Labute approximate surface area is 163 Å². The molecule has 28 heavy (non-hydrogen) atoms. The van der Waals surface area contributed by atoms with E-state index in [1.54, 1.807) is 0 Å². The van der Waals surface area contributed by atoms with Gasteiger partial charge in [-0.2, -0.15) is 17.5 Å². The van der Waals surface area contributed by atoms with Crippen LogP contribution in [-0.2, 0) is 19.9 Å². The van der Waals surface area contributed by atoms with E-state index in [2.05, 4.69) is 15.6 Å². The number of rotatable bonds is 6. The molecule has 2 aliphatic rings. The highest BCUT2D eigenvalue weighted by molar-refractivity contribution is 7.91. The standard InChI is InChI=1S/C15H27F3N4O4S2/c1-2-19-14(21-10-13-5-8-27(23,24)11-13)20-9-12-3-6-22(7-4-12)28(25,26)15(16,17)18/h12-13H,2-11H2,1H3,(H2,19,20,21). The smallest absolute Gasteiger partial charge is 0.357 e. The van der Waals surface area contributed by atoms with Crippen LogP contribution >= 0.6 is 0 Å². The predicted molar refractivity (Wildman–Crippen MR) is 100 cm³/mol. The van der Waals surface area contributed by atoms with Gasteiger partial charge in [0.05, 0.1) is 11.5 Å². The van der Waals surface area contributed by atoms with Crippen molar-refractivity contribution in [3.05, 3.63) is 0 Å². The summed E-state index contributed by atoms with van der Waals surface area (Å²) in [5, 5.41) is 6.17. The molecule has 0 radical (unpaired) electrons. The van der Waals surface area contributed by atoms with E-state index in [1.807, 2.05) is 6.92 Å². The highest BCUT2D eigenvalue weighted by atomic mass is 32.2. The Hall–Kier alpha value is -1.08. The van der Waals surface area contributed by atoms with Crippen LogP contribution in [0.15, 0.2) is 4.99 Å². The van der Waals surface area contributed by atoms with Crippen LogP contribution in [0.4, 0.5) is 13.2 Å². The van der Waals surface area contributed by atoms with Gasteiger partial charge in [-0.25, -0.2) is 16.8 Å². The van der Waals surface area contributed by atoms with Crippen molar-refractivity contribution in [3.8, 4) is 0 Å². The molecule has 0 amide bonds. The van der Waals surface area contributed by atoms with E-state index in [1.165, 1.54) is 0 Å². The quantitative estimate of drug-likeness (QED) is 0.454. The third-order valence-corrected chi connectivity index (χ3v) is 8.41. The molecule has 13 heteroatoms. The molecule has 0 saturated carbocycles. The maximum absolute atomic E-state index is 12.6. The Kier molecular flexibility index (Phi) is 7.59. The van der Waals surface area contributed by atoms with Crippen molar-refractivity contribution in [2.45, 2.75) is 31.7 Å². The van der Waals surface area contributed by atoms with Crippen LogP contribution in [0.3, 0.4) is 0 Å². The second kappa shape index (κ2) is 9.16. The van der Waals surface area contributed by atoms with Crippen molar-refractivity contribution >= 4 is 25.8 Å². The fourth-order valence-electron chi connectivity index (χ4n) is 3.32. The summed E-state index contributed by atoms with van der Waals surface area (Å²) in [5.41, 5.74) is -5.27. The summed E-state index contributed by atoms with van der Waals surface area (Å²) in [5.74, 6) is 0.877. The molecule has 0 bridgehead atoms. The van der Waals surface area contributed by atoms with E-state index in [0.29, 0.717) is 49.2 Å². The maximum Gasteiger partial charge on any atom is 0.511 e. The number of sulfonamides is 1. The zero-order valence-electron chi connectivity index (χ0n) is 15.7. The van der Waals surface area contributed by atoms with Gasteiger partial charge in [-0.3, -0.25) is 4.99 Å². The Bertz CT molecular complexity index is 761. The number of hydrogen-bond acceptors (Lipinski definition) is 5. The third kappa shape index (κ3) is 6.21. The number of aliphatic imine (C=N–C) groups is 1. The summed E-state index contributed by atoms with van der Waals surface area (Å²) >= 11 is 0. The number of nitrogens with zero attached hydrogens (tertiary/aromatic N) is 2. The van der Waals surface area contributed by atoms with Crippen LogP contribution < -0.4 is 10.6 Å². The van der Waals surface area contributed by atoms with Gasteiger partial charge in [0.15, 0.2) is 15.8 Å². The second-order valence-electron chi connectivity index (χ2n) is 7.16. The molecular formula is C15H27F3N4O4S2. The lowest BCUT2D eigenvalue weighted by Gasteiger charge is -2.31. The summed E-state index contributed by atoms with van der Waals surface area (Å²) in [6, 6.07) is 0. The molecule has 0 aliphatic carbocycles. The molecule has 8 nitrogen and oxygen atoms in total. The number of sulfone groups is 1. The first-order valence-corrected chi connectivity index (χ1v) is 12.5. The van der Waals surface area contributed by atoms with Crippen LogP contribution in [0, 0.1) is 11.8 Å². The van der Waals surface area contributed by atoms with Crippen LogP contribution in [0.2, 0.25) is 0 Å². The highest BCUT2D eigenvalue weighted by Gasteiger charge is 2.50. The number of halogens is 3. The monoisotopic (exact) mass is 448 g/mol. The van der Waals surface area contributed by atoms with Crippen LogP contribution in [-0.4, -0.2) is 76.8 Å². The van der Waals surface area contributed by atoms with Crippen molar-refractivity contribution in [2.75, 3.05) is 44.2 Å². The van der Waals surface area contributed by atoms with Crippen molar-refractivity contribution < 1.29 is 30.0 Å². The van der Waals surface area contributed by atoms with Crippen molar-refractivity contribution in [2.24, 2.45) is 16.8 Å². The van der Waals surface area contributed by atoms with Gasteiger partial charge >= 0.3 is 15.5 Å². The van der Waals surface area contributed by atoms with E-state index < -0.39 is 25.4 Å². The van der Waals surface area contributed by atoms with Gasteiger partial charge in [0.1, 0.15) is 0 Å². The van der Waals surface area contributed by atoms with Crippen molar-refractivity contribution in [1.29, 1.82) is 0 Å². The fourth-order valence-corrected chi connectivity index (χ4v) is 6.15. The van der Waals surface area contributed by atoms with Crippen molar-refractivity contribution in [3.63, 3.8) is 0 Å². The maximum atomic E-state index is 12.6. The van der Waals surface area contributed by atoms with Gasteiger partial charge in [-0.05, 0) is 38.0 Å². The molecule has 1 unspecified atom stereocenters. The first kappa shape index (κ1) is 23.2. The minimum absolute atomic E-state index is 0.00345. The first-order chi connectivity index (χ1) is 12.9. The Morgan fingerprint density at radius 1 is 1.14 bits per heavy atom. The van der Waals surface area contributed by atoms with Gasteiger partial charge in [0, 0.05) is 32.7 Å². The normalized spacial score (nSPS) is 25.0. The SMILES string of the molecule is CCNC(=NCC1CCS(=O)(=O)C1)NCC1CCN(S(=O)(=O)C(F)(F)F)CC1.